The molecule has 0 spiro atoms. The van der Waals surface area contributed by atoms with Crippen molar-refractivity contribution in [3.8, 4) is 0 Å². The fraction of sp³-hybridized carbons (Fsp3) is 0.444. The average molecular weight is 181 g/mol. The number of amides is 1. The molecule has 1 saturated carbocycles. The van der Waals surface area contributed by atoms with E-state index in [0.29, 0.717) is 5.92 Å². The summed E-state index contributed by atoms with van der Waals surface area (Å²) < 4.78 is 0. The van der Waals surface area contributed by atoms with Crippen LogP contribution in [0.3, 0.4) is 0 Å². The van der Waals surface area contributed by atoms with Crippen LogP contribution in [0.4, 0.5) is 0 Å². The van der Waals surface area contributed by atoms with Gasteiger partial charge in [-0.25, -0.2) is 0 Å². The first-order chi connectivity index (χ1) is 5.83. The largest absolute Gasteiger partial charge is 0.354 e. The van der Waals surface area contributed by atoms with E-state index in [4.69, 9.17) is 0 Å². The summed E-state index contributed by atoms with van der Waals surface area (Å²) >= 11 is 1.54. The molecule has 1 amide bonds. The van der Waals surface area contributed by atoms with Gasteiger partial charge < -0.3 is 5.32 Å². The van der Waals surface area contributed by atoms with E-state index in [-0.39, 0.29) is 5.91 Å². The predicted octanol–water partition coefficient (Wildman–Crippen LogP) is 1.99. The van der Waals surface area contributed by atoms with Crippen LogP contribution in [-0.4, -0.2) is 13.0 Å². The van der Waals surface area contributed by atoms with Crippen LogP contribution >= 0.6 is 11.3 Å². The number of hydrogen-bond donors (Lipinski definition) is 1. The summed E-state index contributed by atoms with van der Waals surface area (Å²) in [6, 6.07) is 2.08. The van der Waals surface area contributed by atoms with Gasteiger partial charge in [0, 0.05) is 7.05 Å². The Bertz CT molecular complexity index is 301. The normalized spacial score (nSPS) is 16.1. The van der Waals surface area contributed by atoms with Gasteiger partial charge in [0.2, 0.25) is 0 Å². The van der Waals surface area contributed by atoms with E-state index in [1.54, 1.807) is 7.05 Å². The van der Waals surface area contributed by atoms with Gasteiger partial charge >= 0.3 is 0 Å². The Hall–Kier alpha value is -0.830. The maximum Gasteiger partial charge on any atom is 0.261 e. The van der Waals surface area contributed by atoms with Crippen LogP contribution in [0.1, 0.15) is 34.0 Å². The fourth-order valence-electron chi connectivity index (χ4n) is 1.33. The Labute approximate surface area is 75.6 Å². The van der Waals surface area contributed by atoms with E-state index in [1.807, 2.05) is 5.38 Å². The van der Waals surface area contributed by atoms with E-state index >= 15 is 0 Å². The topological polar surface area (TPSA) is 29.1 Å². The lowest BCUT2D eigenvalue weighted by atomic mass is 10.1. The summed E-state index contributed by atoms with van der Waals surface area (Å²) in [6.45, 7) is 0. The van der Waals surface area contributed by atoms with Crippen molar-refractivity contribution in [3.63, 3.8) is 0 Å². The predicted molar refractivity (Wildman–Crippen MR) is 49.7 cm³/mol. The van der Waals surface area contributed by atoms with Crippen molar-refractivity contribution in [2.24, 2.45) is 0 Å². The summed E-state index contributed by atoms with van der Waals surface area (Å²) in [5, 5.41) is 4.66. The minimum Gasteiger partial charge on any atom is -0.354 e. The SMILES string of the molecule is CNC(=O)c1sccc1C1CC1. The Balaban J connectivity index is 2.29. The standard InChI is InChI=1S/C9H11NOS/c1-10-9(11)8-7(4-5-12-8)6-2-3-6/h4-6H,2-3H2,1H3,(H,10,11). The van der Waals surface area contributed by atoms with Crippen LogP contribution in [0.15, 0.2) is 11.4 Å². The molecule has 0 aliphatic heterocycles. The first kappa shape index (κ1) is 7.80. The van der Waals surface area contributed by atoms with Gasteiger partial charge in [-0.2, -0.15) is 0 Å². The van der Waals surface area contributed by atoms with Crippen LogP contribution in [0.25, 0.3) is 0 Å². The van der Waals surface area contributed by atoms with Crippen LogP contribution < -0.4 is 5.32 Å². The van der Waals surface area contributed by atoms with Gasteiger partial charge in [-0.3, -0.25) is 4.79 Å². The summed E-state index contributed by atoms with van der Waals surface area (Å²) in [7, 11) is 1.68. The first-order valence-corrected chi connectivity index (χ1v) is 5.00. The second-order valence-electron chi connectivity index (χ2n) is 3.06. The third kappa shape index (κ3) is 1.25. The molecule has 64 valence electrons. The second kappa shape index (κ2) is 2.90. The van der Waals surface area contributed by atoms with Crippen molar-refractivity contribution < 1.29 is 4.79 Å². The summed E-state index contributed by atoms with van der Waals surface area (Å²) in [5.74, 6) is 0.732. The van der Waals surface area contributed by atoms with Crippen molar-refractivity contribution in [2.45, 2.75) is 18.8 Å². The monoisotopic (exact) mass is 181 g/mol. The van der Waals surface area contributed by atoms with Crippen LogP contribution in [0, 0.1) is 0 Å². The van der Waals surface area contributed by atoms with Gasteiger partial charge in [-0.15, -0.1) is 11.3 Å². The molecular formula is C9H11NOS. The van der Waals surface area contributed by atoms with E-state index in [2.05, 4.69) is 11.4 Å². The lowest BCUT2D eigenvalue weighted by Crippen LogP contribution is -2.17. The molecule has 0 atom stereocenters. The number of thiophene rings is 1. The second-order valence-corrected chi connectivity index (χ2v) is 3.97. The molecule has 12 heavy (non-hydrogen) atoms. The van der Waals surface area contributed by atoms with E-state index in [9.17, 15) is 4.79 Å². The van der Waals surface area contributed by atoms with Crippen molar-refractivity contribution in [1.29, 1.82) is 0 Å². The Morgan fingerprint density at radius 3 is 3.00 bits per heavy atom. The maximum absolute atomic E-state index is 11.3. The van der Waals surface area contributed by atoms with Gasteiger partial charge in [0.25, 0.3) is 5.91 Å². The number of carbonyl (C=O) groups excluding carboxylic acids is 1. The molecule has 0 saturated heterocycles. The molecule has 0 unspecified atom stereocenters. The third-order valence-corrected chi connectivity index (χ3v) is 3.08. The number of carbonyl (C=O) groups is 1. The van der Waals surface area contributed by atoms with Crippen molar-refractivity contribution in [1.82, 2.24) is 5.32 Å². The molecule has 1 aromatic heterocycles. The highest BCUT2D eigenvalue weighted by molar-refractivity contribution is 7.12. The van der Waals surface area contributed by atoms with Crippen molar-refractivity contribution in [3.05, 3.63) is 21.9 Å². The summed E-state index contributed by atoms with van der Waals surface area (Å²) in [4.78, 5) is 12.2. The maximum atomic E-state index is 11.3. The van der Waals surface area contributed by atoms with Crippen LogP contribution in [0.2, 0.25) is 0 Å². The van der Waals surface area contributed by atoms with Gasteiger partial charge in [-0.1, -0.05) is 0 Å². The van der Waals surface area contributed by atoms with E-state index < -0.39 is 0 Å². The minimum atomic E-state index is 0.0619. The number of hydrogen-bond acceptors (Lipinski definition) is 2. The zero-order valence-corrected chi connectivity index (χ0v) is 7.78. The highest BCUT2D eigenvalue weighted by Crippen LogP contribution is 2.43. The highest BCUT2D eigenvalue weighted by Gasteiger charge is 2.28. The van der Waals surface area contributed by atoms with Crippen LogP contribution in [0.5, 0.6) is 0 Å². The molecule has 1 aromatic rings. The molecule has 3 heteroatoms. The lowest BCUT2D eigenvalue weighted by Gasteiger charge is -1.99. The third-order valence-electron chi connectivity index (χ3n) is 2.15. The molecule has 0 bridgehead atoms. The van der Waals surface area contributed by atoms with Crippen molar-refractivity contribution in [2.75, 3.05) is 7.05 Å². The van der Waals surface area contributed by atoms with E-state index in [1.165, 1.54) is 29.7 Å². The zero-order chi connectivity index (χ0) is 8.55. The number of rotatable bonds is 2. The minimum absolute atomic E-state index is 0.0619. The molecule has 1 aliphatic rings. The Kier molecular flexibility index (Phi) is 1.89. The van der Waals surface area contributed by atoms with Gasteiger partial charge in [0.05, 0.1) is 4.88 Å². The Morgan fingerprint density at radius 2 is 2.42 bits per heavy atom. The molecule has 1 fully saturated rings. The molecule has 0 radical (unpaired) electrons. The molecular weight excluding hydrogens is 170 g/mol. The van der Waals surface area contributed by atoms with Gasteiger partial charge in [0.15, 0.2) is 0 Å². The molecule has 1 heterocycles. The van der Waals surface area contributed by atoms with E-state index in [0.717, 1.165) is 4.88 Å². The quantitative estimate of drug-likeness (QED) is 0.742. The summed E-state index contributed by atoms with van der Waals surface area (Å²) in [6.07, 6.45) is 2.50. The molecule has 2 nitrogen and oxygen atoms in total. The van der Waals surface area contributed by atoms with Crippen molar-refractivity contribution >= 4 is 17.2 Å². The van der Waals surface area contributed by atoms with Crippen LogP contribution in [-0.2, 0) is 0 Å². The average Bonchev–Trinajstić information content (AvgIpc) is 2.83. The highest BCUT2D eigenvalue weighted by atomic mass is 32.1. The lowest BCUT2D eigenvalue weighted by molar-refractivity contribution is 0.0966. The first-order valence-electron chi connectivity index (χ1n) is 4.12. The Morgan fingerprint density at radius 1 is 1.67 bits per heavy atom. The number of nitrogens with one attached hydrogen (secondary N) is 1. The molecule has 2 rings (SSSR count). The molecule has 1 N–H and O–H groups in total. The summed E-state index contributed by atoms with van der Waals surface area (Å²) in [5.41, 5.74) is 1.25. The van der Waals surface area contributed by atoms with Gasteiger partial charge in [0.1, 0.15) is 0 Å². The molecule has 1 aliphatic carbocycles. The molecule has 0 aromatic carbocycles. The fourth-order valence-corrected chi connectivity index (χ4v) is 2.26. The smallest absolute Gasteiger partial charge is 0.261 e. The van der Waals surface area contributed by atoms with Gasteiger partial charge in [-0.05, 0) is 35.8 Å². The zero-order valence-electron chi connectivity index (χ0n) is 6.96.